The first-order valence-electron chi connectivity index (χ1n) is 10.4. The van der Waals surface area contributed by atoms with Gasteiger partial charge in [0.2, 0.25) is 15.9 Å². The Morgan fingerprint density at radius 1 is 1.28 bits per heavy atom. The second-order valence-corrected chi connectivity index (χ2v) is 10.4. The number of primary sulfonamides is 1. The van der Waals surface area contributed by atoms with Crippen LogP contribution >= 0.6 is 11.3 Å². The molecule has 10 heteroatoms. The molecule has 32 heavy (non-hydrogen) atoms. The summed E-state index contributed by atoms with van der Waals surface area (Å²) in [6, 6.07) is 12.1. The zero-order valence-corrected chi connectivity index (χ0v) is 19.4. The number of nitrogens with two attached hydrogens (primary N) is 1. The molecular weight excluding hydrogens is 448 g/mol. The predicted molar refractivity (Wildman–Crippen MR) is 126 cm³/mol. The van der Waals surface area contributed by atoms with Gasteiger partial charge in [0, 0.05) is 13.1 Å². The van der Waals surface area contributed by atoms with Crippen LogP contribution in [0.1, 0.15) is 18.4 Å². The van der Waals surface area contributed by atoms with Crippen LogP contribution in [0.25, 0.3) is 10.2 Å². The fraction of sp³-hybridized carbons (Fsp3) is 0.364. The van der Waals surface area contributed by atoms with Gasteiger partial charge in [-0.15, -0.1) is 0 Å². The number of hydrogen-bond donors (Lipinski definition) is 2. The first kappa shape index (κ1) is 22.7. The molecule has 0 aliphatic carbocycles. The van der Waals surface area contributed by atoms with E-state index in [4.69, 9.17) is 14.9 Å². The van der Waals surface area contributed by atoms with Crippen molar-refractivity contribution in [3.63, 3.8) is 0 Å². The standard InChI is InChI=1S/C22H26N4O4S2/c1-30-17-6-9-19-20(13-17)31-22(25-19)26(21(27)16-3-2-11-24-14-16)12-10-15-4-7-18(8-5-15)32(23,28)29/h4-9,13,16,24H,2-3,10-12,14H2,1H3,(H2,23,28,29). The summed E-state index contributed by atoms with van der Waals surface area (Å²) < 4.78 is 29.3. The first-order valence-corrected chi connectivity index (χ1v) is 12.8. The van der Waals surface area contributed by atoms with Crippen LogP contribution in [0.15, 0.2) is 47.4 Å². The smallest absolute Gasteiger partial charge is 0.238 e. The quantitative estimate of drug-likeness (QED) is 0.544. The average molecular weight is 475 g/mol. The van der Waals surface area contributed by atoms with Crippen molar-refractivity contribution in [1.29, 1.82) is 0 Å². The molecule has 3 N–H and O–H groups in total. The third-order valence-electron chi connectivity index (χ3n) is 5.60. The molecule has 1 fully saturated rings. The summed E-state index contributed by atoms with van der Waals surface area (Å²) in [5.41, 5.74) is 1.74. The molecule has 0 spiro atoms. The molecule has 1 aromatic heterocycles. The number of ether oxygens (including phenoxy) is 1. The van der Waals surface area contributed by atoms with Crippen LogP contribution in [0.2, 0.25) is 0 Å². The van der Waals surface area contributed by atoms with Crippen LogP contribution in [0.4, 0.5) is 5.13 Å². The molecule has 0 saturated carbocycles. The monoisotopic (exact) mass is 474 g/mol. The molecule has 4 rings (SSSR count). The van der Waals surface area contributed by atoms with Gasteiger partial charge < -0.3 is 10.1 Å². The molecule has 1 unspecified atom stereocenters. The molecule has 8 nitrogen and oxygen atoms in total. The second-order valence-electron chi connectivity index (χ2n) is 7.80. The van der Waals surface area contributed by atoms with Gasteiger partial charge in [0.15, 0.2) is 5.13 Å². The number of rotatable bonds is 7. The molecular formula is C22H26N4O4S2. The van der Waals surface area contributed by atoms with Gasteiger partial charge in [0.05, 0.1) is 28.1 Å². The van der Waals surface area contributed by atoms with Gasteiger partial charge in [-0.1, -0.05) is 23.5 Å². The molecule has 170 valence electrons. The van der Waals surface area contributed by atoms with E-state index in [1.165, 1.54) is 23.5 Å². The maximum Gasteiger partial charge on any atom is 0.238 e. The Morgan fingerprint density at radius 3 is 2.72 bits per heavy atom. The van der Waals surface area contributed by atoms with Crippen LogP contribution < -0.4 is 20.1 Å². The van der Waals surface area contributed by atoms with Crippen LogP contribution in [-0.2, 0) is 21.2 Å². The molecule has 2 aromatic carbocycles. The topological polar surface area (TPSA) is 115 Å². The Bertz CT molecular complexity index is 1200. The molecule has 3 aromatic rings. The van der Waals surface area contributed by atoms with E-state index in [-0.39, 0.29) is 16.7 Å². The van der Waals surface area contributed by atoms with E-state index in [9.17, 15) is 13.2 Å². The Balaban J connectivity index is 1.59. The Hall–Kier alpha value is -2.53. The van der Waals surface area contributed by atoms with Gasteiger partial charge in [-0.05, 0) is 61.7 Å². The molecule has 1 aliphatic rings. The summed E-state index contributed by atoms with van der Waals surface area (Å²) in [7, 11) is -2.11. The van der Waals surface area contributed by atoms with Crippen LogP contribution in [0.3, 0.4) is 0 Å². The van der Waals surface area contributed by atoms with Crippen LogP contribution in [0.5, 0.6) is 5.75 Å². The number of fused-ring (bicyclic) bond motifs is 1. The van der Waals surface area contributed by atoms with Crippen LogP contribution in [0, 0.1) is 5.92 Å². The first-order chi connectivity index (χ1) is 15.3. The number of carbonyl (C=O) groups excluding carboxylic acids is 1. The molecule has 0 bridgehead atoms. The lowest BCUT2D eigenvalue weighted by Crippen LogP contribution is -2.44. The molecule has 2 heterocycles. The lowest BCUT2D eigenvalue weighted by atomic mass is 9.98. The number of anilines is 1. The maximum atomic E-state index is 13.4. The number of nitrogens with one attached hydrogen (secondary N) is 1. The summed E-state index contributed by atoms with van der Waals surface area (Å²) in [5, 5.41) is 9.15. The summed E-state index contributed by atoms with van der Waals surface area (Å²) in [6.45, 7) is 2.04. The molecule has 1 amide bonds. The third-order valence-corrected chi connectivity index (χ3v) is 7.57. The Morgan fingerprint density at radius 2 is 2.06 bits per heavy atom. The number of piperidine rings is 1. The van der Waals surface area contributed by atoms with Crippen molar-refractivity contribution in [2.75, 3.05) is 31.6 Å². The highest BCUT2D eigenvalue weighted by Gasteiger charge is 2.28. The second kappa shape index (κ2) is 9.53. The molecule has 1 aliphatic heterocycles. The number of thiazole rings is 1. The number of aromatic nitrogens is 1. The van der Waals surface area contributed by atoms with Gasteiger partial charge in [-0.3, -0.25) is 9.69 Å². The van der Waals surface area contributed by atoms with Crippen molar-refractivity contribution in [2.45, 2.75) is 24.2 Å². The number of methoxy groups -OCH3 is 1. The van der Waals surface area contributed by atoms with E-state index in [1.807, 2.05) is 18.2 Å². The normalized spacial score (nSPS) is 16.8. The summed E-state index contributed by atoms with van der Waals surface area (Å²) >= 11 is 1.47. The summed E-state index contributed by atoms with van der Waals surface area (Å²) in [5.74, 6) is 0.719. The lowest BCUT2D eigenvalue weighted by Gasteiger charge is -2.28. The fourth-order valence-corrected chi connectivity index (χ4v) is 5.35. The van der Waals surface area contributed by atoms with Crippen molar-refractivity contribution >= 4 is 42.6 Å². The average Bonchev–Trinajstić information content (AvgIpc) is 3.22. The number of hydrogen-bond acceptors (Lipinski definition) is 7. The van der Waals surface area contributed by atoms with Crippen molar-refractivity contribution in [2.24, 2.45) is 11.1 Å². The zero-order chi connectivity index (χ0) is 22.7. The van der Waals surface area contributed by atoms with E-state index >= 15 is 0 Å². The van der Waals surface area contributed by atoms with Crippen LogP contribution in [-0.4, -0.2) is 46.1 Å². The number of carbonyl (C=O) groups is 1. The number of amides is 1. The van der Waals surface area contributed by atoms with E-state index in [2.05, 4.69) is 5.32 Å². The Labute approximate surface area is 191 Å². The van der Waals surface area contributed by atoms with E-state index < -0.39 is 10.0 Å². The van der Waals surface area contributed by atoms with E-state index in [0.29, 0.717) is 24.6 Å². The fourth-order valence-electron chi connectivity index (χ4n) is 3.80. The largest absolute Gasteiger partial charge is 0.497 e. The molecule has 1 atom stereocenters. The highest BCUT2D eigenvalue weighted by atomic mass is 32.2. The predicted octanol–water partition coefficient (Wildman–Crippen LogP) is 2.53. The van der Waals surface area contributed by atoms with Gasteiger partial charge in [0.1, 0.15) is 5.75 Å². The number of benzene rings is 2. The van der Waals surface area contributed by atoms with E-state index in [1.54, 1.807) is 24.1 Å². The molecule has 1 saturated heterocycles. The number of sulfonamides is 1. The highest BCUT2D eigenvalue weighted by Crippen LogP contribution is 2.32. The van der Waals surface area contributed by atoms with Gasteiger partial charge in [-0.2, -0.15) is 0 Å². The Kier molecular flexibility index (Phi) is 6.75. The van der Waals surface area contributed by atoms with Gasteiger partial charge in [-0.25, -0.2) is 18.5 Å². The minimum absolute atomic E-state index is 0.0596. The van der Waals surface area contributed by atoms with Gasteiger partial charge >= 0.3 is 0 Å². The SMILES string of the molecule is COc1ccc2nc(N(CCc3ccc(S(N)(=O)=O)cc3)C(=O)C3CCCNC3)sc2c1. The minimum atomic E-state index is -3.73. The highest BCUT2D eigenvalue weighted by molar-refractivity contribution is 7.89. The van der Waals surface area contributed by atoms with Crippen molar-refractivity contribution in [3.8, 4) is 5.75 Å². The third kappa shape index (κ3) is 5.09. The maximum absolute atomic E-state index is 13.4. The number of nitrogens with zero attached hydrogens (tertiary/aromatic N) is 2. The van der Waals surface area contributed by atoms with Crippen molar-refractivity contribution in [1.82, 2.24) is 10.3 Å². The molecule has 0 radical (unpaired) electrons. The zero-order valence-electron chi connectivity index (χ0n) is 17.8. The summed E-state index contributed by atoms with van der Waals surface area (Å²) in [4.78, 5) is 20.0. The lowest BCUT2D eigenvalue weighted by molar-refractivity contribution is -0.122. The van der Waals surface area contributed by atoms with Crippen molar-refractivity contribution in [3.05, 3.63) is 48.0 Å². The van der Waals surface area contributed by atoms with Crippen molar-refractivity contribution < 1.29 is 17.9 Å². The van der Waals surface area contributed by atoms with Gasteiger partial charge in [0.25, 0.3) is 0 Å². The van der Waals surface area contributed by atoms with E-state index in [0.717, 1.165) is 40.9 Å². The minimum Gasteiger partial charge on any atom is -0.497 e. The summed E-state index contributed by atoms with van der Waals surface area (Å²) in [6.07, 6.45) is 2.39.